The van der Waals surface area contributed by atoms with Crippen LogP contribution in [-0.2, 0) is 23.8 Å². The molecule has 6 N–H and O–H groups in total. The van der Waals surface area contributed by atoms with Gasteiger partial charge in [-0.25, -0.2) is 0 Å². The van der Waals surface area contributed by atoms with Gasteiger partial charge in [-0.15, -0.1) is 0 Å². The molecule has 0 aliphatic carbocycles. The molecule has 1 fully saturated rings. The number of nitrogens with one attached hydrogen (secondary N) is 1. The smallest absolute Gasteiger partial charge is 0.306 e. The van der Waals surface area contributed by atoms with Crippen molar-refractivity contribution < 1.29 is 49.3 Å². The van der Waals surface area contributed by atoms with Crippen LogP contribution >= 0.6 is 0 Å². The van der Waals surface area contributed by atoms with Gasteiger partial charge in [0.25, 0.3) is 0 Å². The Morgan fingerprint density at radius 3 is 1.72 bits per heavy atom. The molecule has 1 rings (SSSR count). The van der Waals surface area contributed by atoms with E-state index in [1.54, 1.807) is 6.08 Å². The van der Waals surface area contributed by atoms with Gasteiger partial charge in [-0.3, -0.25) is 9.59 Å². The van der Waals surface area contributed by atoms with Gasteiger partial charge in [-0.05, 0) is 64.2 Å². The predicted molar refractivity (Wildman–Crippen MR) is 278 cm³/mol. The van der Waals surface area contributed by atoms with Gasteiger partial charge in [-0.1, -0.05) is 214 Å². The van der Waals surface area contributed by atoms with Crippen LogP contribution in [0.4, 0.5) is 0 Å². The molecule has 1 aliphatic heterocycles. The summed E-state index contributed by atoms with van der Waals surface area (Å²) in [7, 11) is 0. The summed E-state index contributed by atoms with van der Waals surface area (Å²) in [5, 5.41) is 56.5. The van der Waals surface area contributed by atoms with E-state index < -0.39 is 67.4 Å². The number of carbonyl (C=O) groups is 2. The minimum absolute atomic E-state index is 0.100. The standard InChI is InChI=1S/C57H95NO10/c1-4-7-10-13-16-19-22-25-27-30-33-36-39-42-45-52(62)68-55-54(64)53(63)51(46-59)67-57(55)66-47-48(49(60)43-40-37-34-31-29-26-23-20-17-14-11-8-5-2)58-56(65)50(61)44-41-38-35-32-28-24-21-18-15-12-9-6-3/h7,9-10,12,15-16,18-19,21,24,28,32,35,38,40,43,48-51,53-55,57,59-61,63-64H,4-6,8,11,13-14,17,20,22-23,25-27,29-31,33-34,36-37,39,41-42,44-47H2,1-3H3,(H,58,65)/b10-7+,12-9+,18-15+,19-16+,24-21-,32-28-,38-35+,43-40+. The number of unbranched alkanes of at least 4 members (excludes halogenated alkanes) is 18. The Morgan fingerprint density at radius 1 is 0.603 bits per heavy atom. The summed E-state index contributed by atoms with van der Waals surface area (Å²) in [5.41, 5.74) is 0. The summed E-state index contributed by atoms with van der Waals surface area (Å²) < 4.78 is 17.5. The molecule has 0 aromatic rings. The number of carbonyl (C=O) groups excluding carboxylic acids is 2. The van der Waals surface area contributed by atoms with Gasteiger partial charge < -0.3 is 45.1 Å². The highest BCUT2D eigenvalue weighted by molar-refractivity contribution is 5.80. The van der Waals surface area contributed by atoms with E-state index >= 15 is 0 Å². The largest absolute Gasteiger partial charge is 0.454 e. The summed E-state index contributed by atoms with van der Waals surface area (Å²) in [6.45, 7) is 5.44. The van der Waals surface area contributed by atoms with Gasteiger partial charge in [0.05, 0.1) is 25.4 Å². The number of hydrogen-bond donors (Lipinski definition) is 6. The fraction of sp³-hybridized carbons (Fsp3) is 0.684. The Kier molecular flexibility index (Phi) is 41.2. The molecule has 1 heterocycles. The number of rotatable bonds is 42. The first kappa shape index (κ1) is 62.6. The number of hydrogen-bond acceptors (Lipinski definition) is 10. The highest BCUT2D eigenvalue weighted by Crippen LogP contribution is 2.26. The minimum atomic E-state index is -1.63. The lowest BCUT2D eigenvalue weighted by molar-refractivity contribution is -0.305. The average molecular weight is 954 g/mol. The van der Waals surface area contributed by atoms with Crippen molar-refractivity contribution in [1.82, 2.24) is 5.32 Å². The molecule has 0 saturated carbocycles. The Hall–Kier alpha value is -3.42. The van der Waals surface area contributed by atoms with Crippen LogP contribution in [0.15, 0.2) is 97.2 Å². The molecule has 68 heavy (non-hydrogen) atoms. The molecule has 0 spiro atoms. The minimum Gasteiger partial charge on any atom is -0.454 e. The first-order valence-electron chi connectivity index (χ1n) is 26.6. The molecule has 0 aromatic heterocycles. The fourth-order valence-electron chi connectivity index (χ4n) is 7.66. The second kappa shape index (κ2) is 44.8. The van der Waals surface area contributed by atoms with Crippen molar-refractivity contribution in [3.8, 4) is 0 Å². The van der Waals surface area contributed by atoms with E-state index in [9.17, 15) is 35.1 Å². The molecule has 0 bridgehead atoms. The Balaban J connectivity index is 2.84. The van der Waals surface area contributed by atoms with Crippen LogP contribution in [0.3, 0.4) is 0 Å². The molecule has 1 amide bonds. The number of aliphatic hydroxyl groups is 5. The average Bonchev–Trinajstić information content (AvgIpc) is 3.33. The van der Waals surface area contributed by atoms with Crippen molar-refractivity contribution in [2.75, 3.05) is 13.2 Å². The fourth-order valence-corrected chi connectivity index (χ4v) is 7.66. The maximum absolute atomic E-state index is 13.3. The Bertz CT molecular complexity index is 1470. The summed E-state index contributed by atoms with van der Waals surface area (Å²) in [4.78, 5) is 26.3. The molecular formula is C57H95NO10. The van der Waals surface area contributed by atoms with Crippen LogP contribution in [0.1, 0.15) is 188 Å². The molecular weight excluding hydrogens is 859 g/mol. The monoisotopic (exact) mass is 954 g/mol. The van der Waals surface area contributed by atoms with E-state index in [0.29, 0.717) is 12.8 Å². The van der Waals surface area contributed by atoms with Crippen LogP contribution in [0.2, 0.25) is 0 Å². The van der Waals surface area contributed by atoms with E-state index in [0.717, 1.165) is 89.9 Å². The lowest BCUT2D eigenvalue weighted by Gasteiger charge is -2.41. The molecule has 1 saturated heterocycles. The summed E-state index contributed by atoms with van der Waals surface area (Å²) >= 11 is 0. The molecule has 8 unspecified atom stereocenters. The van der Waals surface area contributed by atoms with Crippen LogP contribution < -0.4 is 5.32 Å². The number of aliphatic hydroxyl groups excluding tert-OH is 5. The molecule has 0 aromatic carbocycles. The lowest BCUT2D eigenvalue weighted by Crippen LogP contribution is -2.61. The van der Waals surface area contributed by atoms with Crippen molar-refractivity contribution in [2.24, 2.45) is 0 Å². The van der Waals surface area contributed by atoms with Crippen molar-refractivity contribution >= 4 is 11.9 Å². The third kappa shape index (κ3) is 33.2. The Morgan fingerprint density at radius 2 is 1.13 bits per heavy atom. The van der Waals surface area contributed by atoms with Gasteiger partial charge in [-0.2, -0.15) is 0 Å². The van der Waals surface area contributed by atoms with Crippen molar-refractivity contribution in [3.05, 3.63) is 97.2 Å². The quantitative estimate of drug-likeness (QED) is 0.0150. The molecule has 11 nitrogen and oxygen atoms in total. The molecule has 11 heteroatoms. The predicted octanol–water partition coefficient (Wildman–Crippen LogP) is 11.2. The second-order valence-corrected chi connectivity index (χ2v) is 18.0. The number of ether oxygens (including phenoxy) is 3. The van der Waals surface area contributed by atoms with Gasteiger partial charge in [0, 0.05) is 6.42 Å². The zero-order valence-corrected chi connectivity index (χ0v) is 42.4. The lowest BCUT2D eigenvalue weighted by atomic mass is 9.99. The van der Waals surface area contributed by atoms with Crippen molar-refractivity contribution in [2.45, 2.75) is 237 Å². The normalized spacial score (nSPS) is 20.7. The molecule has 0 radical (unpaired) electrons. The highest BCUT2D eigenvalue weighted by atomic mass is 16.7. The van der Waals surface area contributed by atoms with Gasteiger partial charge in [0.2, 0.25) is 5.91 Å². The molecule has 8 atom stereocenters. The van der Waals surface area contributed by atoms with E-state index in [1.165, 1.54) is 51.4 Å². The van der Waals surface area contributed by atoms with Crippen LogP contribution in [0.25, 0.3) is 0 Å². The summed E-state index contributed by atoms with van der Waals surface area (Å²) in [6, 6.07) is -1.07. The SMILES string of the molecule is CC/C=C/C=C/C=C\C=C/C=C/CCC(O)C(=O)NC(COC1OC(CO)C(O)C(O)C1OC(=O)CCCCCCCCC/C=C/C/C=C/CC)C(O)/C=C/CCCCCCCCCCCCC. The first-order valence-corrected chi connectivity index (χ1v) is 26.6. The third-order valence-corrected chi connectivity index (χ3v) is 11.9. The van der Waals surface area contributed by atoms with Gasteiger partial charge in [0.15, 0.2) is 12.4 Å². The van der Waals surface area contributed by atoms with E-state index in [1.807, 2.05) is 60.8 Å². The summed E-state index contributed by atoms with van der Waals surface area (Å²) in [6.07, 6.45) is 47.6. The second-order valence-electron chi connectivity index (χ2n) is 18.0. The first-order chi connectivity index (χ1) is 33.2. The van der Waals surface area contributed by atoms with Crippen LogP contribution in [-0.4, -0.2) is 99.6 Å². The molecule has 1 aliphatic rings. The topological polar surface area (TPSA) is 175 Å². The maximum atomic E-state index is 13.3. The Labute approximate surface area is 412 Å². The summed E-state index contributed by atoms with van der Waals surface area (Å²) in [5.74, 6) is -1.29. The van der Waals surface area contributed by atoms with Gasteiger partial charge in [0.1, 0.15) is 24.4 Å². The van der Waals surface area contributed by atoms with E-state index in [-0.39, 0.29) is 19.4 Å². The third-order valence-electron chi connectivity index (χ3n) is 11.9. The number of amides is 1. The van der Waals surface area contributed by atoms with Gasteiger partial charge >= 0.3 is 5.97 Å². The van der Waals surface area contributed by atoms with E-state index in [2.05, 4.69) is 56.5 Å². The van der Waals surface area contributed by atoms with Crippen molar-refractivity contribution in [3.63, 3.8) is 0 Å². The number of esters is 1. The highest BCUT2D eigenvalue weighted by Gasteiger charge is 2.47. The zero-order valence-electron chi connectivity index (χ0n) is 42.4. The van der Waals surface area contributed by atoms with E-state index in [4.69, 9.17) is 14.2 Å². The maximum Gasteiger partial charge on any atom is 0.306 e. The zero-order chi connectivity index (χ0) is 49.7. The van der Waals surface area contributed by atoms with Crippen molar-refractivity contribution in [1.29, 1.82) is 0 Å². The van der Waals surface area contributed by atoms with Crippen LogP contribution in [0, 0.1) is 0 Å². The number of allylic oxidation sites excluding steroid dienone is 15. The van der Waals surface area contributed by atoms with Crippen LogP contribution in [0.5, 0.6) is 0 Å². The molecule has 388 valence electrons.